The summed E-state index contributed by atoms with van der Waals surface area (Å²) in [7, 11) is 0. The van der Waals surface area contributed by atoms with Gasteiger partial charge in [-0.1, -0.05) is 6.92 Å². The first-order valence-corrected chi connectivity index (χ1v) is 9.81. The number of rotatable bonds is 6. The van der Waals surface area contributed by atoms with E-state index in [-0.39, 0.29) is 30.7 Å². The molecule has 2 amide bonds. The molecule has 0 aromatic carbocycles. The Kier molecular flexibility index (Phi) is 5.58. The van der Waals surface area contributed by atoms with E-state index >= 15 is 0 Å². The van der Waals surface area contributed by atoms with Crippen molar-refractivity contribution in [3.05, 3.63) is 16.1 Å². The molecule has 25 heavy (non-hydrogen) atoms. The summed E-state index contributed by atoms with van der Waals surface area (Å²) in [6.45, 7) is 5.51. The highest BCUT2D eigenvalue weighted by atomic mass is 32.1. The quantitative estimate of drug-likeness (QED) is 0.806. The summed E-state index contributed by atoms with van der Waals surface area (Å²) in [6.07, 6.45) is 3.61. The zero-order chi connectivity index (χ0) is 18.0. The molecule has 1 saturated carbocycles. The molecule has 1 atom stereocenters. The van der Waals surface area contributed by atoms with Crippen LogP contribution >= 0.6 is 11.3 Å². The van der Waals surface area contributed by atoms with Gasteiger partial charge < -0.3 is 15.3 Å². The molecule has 1 unspecified atom stereocenters. The summed E-state index contributed by atoms with van der Waals surface area (Å²) >= 11 is 1.62. The Morgan fingerprint density at radius 2 is 2.24 bits per heavy atom. The average molecular weight is 366 g/mol. The number of urea groups is 1. The topological polar surface area (TPSA) is 85.8 Å². The van der Waals surface area contributed by atoms with Crippen LogP contribution in [0.15, 0.2) is 5.38 Å². The van der Waals surface area contributed by atoms with Gasteiger partial charge in [0, 0.05) is 24.0 Å². The number of nitrogens with one attached hydrogen (secondary N) is 1. The van der Waals surface area contributed by atoms with Crippen LogP contribution in [-0.4, -0.2) is 63.6 Å². The van der Waals surface area contributed by atoms with E-state index in [2.05, 4.69) is 15.7 Å². The SMILES string of the molecule is CCN(CC(=O)O)C1CC(NC(=O)N2CCCC2c2csc(C)n2)C1. The number of hydrogen-bond acceptors (Lipinski definition) is 5. The maximum atomic E-state index is 12.6. The number of carbonyl (C=O) groups is 2. The van der Waals surface area contributed by atoms with Crippen LogP contribution in [0.1, 0.15) is 49.4 Å². The lowest BCUT2D eigenvalue weighted by Crippen LogP contribution is -2.56. The van der Waals surface area contributed by atoms with Crippen molar-refractivity contribution in [1.82, 2.24) is 20.1 Å². The second-order valence-electron chi connectivity index (χ2n) is 6.87. The highest BCUT2D eigenvalue weighted by molar-refractivity contribution is 7.09. The van der Waals surface area contributed by atoms with E-state index in [9.17, 15) is 9.59 Å². The molecule has 1 aromatic rings. The highest BCUT2D eigenvalue weighted by Gasteiger charge is 2.37. The van der Waals surface area contributed by atoms with Crippen molar-refractivity contribution in [1.29, 1.82) is 0 Å². The Bertz CT molecular complexity index is 629. The number of nitrogens with zero attached hydrogens (tertiary/aromatic N) is 3. The molecule has 2 heterocycles. The Balaban J connectivity index is 1.51. The van der Waals surface area contributed by atoms with Gasteiger partial charge in [-0.25, -0.2) is 9.78 Å². The van der Waals surface area contributed by atoms with Crippen LogP contribution in [0, 0.1) is 6.92 Å². The third-order valence-corrected chi connectivity index (χ3v) is 5.99. The van der Waals surface area contributed by atoms with Gasteiger partial charge >= 0.3 is 12.0 Å². The summed E-state index contributed by atoms with van der Waals surface area (Å²) in [5.74, 6) is -0.798. The number of likely N-dealkylation sites (N-methyl/N-ethyl adjacent to an activating group) is 1. The molecule has 0 bridgehead atoms. The smallest absolute Gasteiger partial charge is 0.318 e. The lowest BCUT2D eigenvalue weighted by atomic mass is 9.85. The fourth-order valence-corrected chi connectivity index (χ4v) is 4.44. The maximum Gasteiger partial charge on any atom is 0.318 e. The van der Waals surface area contributed by atoms with Crippen molar-refractivity contribution in [3.63, 3.8) is 0 Å². The molecule has 7 nitrogen and oxygen atoms in total. The monoisotopic (exact) mass is 366 g/mol. The summed E-state index contributed by atoms with van der Waals surface area (Å²) in [4.78, 5) is 31.9. The van der Waals surface area contributed by atoms with E-state index in [0.717, 1.165) is 49.5 Å². The number of aliphatic carboxylic acids is 1. The third kappa shape index (κ3) is 4.12. The molecule has 2 fully saturated rings. The number of amides is 2. The molecule has 0 spiro atoms. The van der Waals surface area contributed by atoms with Crippen molar-refractivity contribution < 1.29 is 14.7 Å². The van der Waals surface area contributed by atoms with Crippen molar-refractivity contribution in [2.75, 3.05) is 19.6 Å². The molecule has 1 aliphatic heterocycles. The Hall–Kier alpha value is -1.67. The molecule has 1 aromatic heterocycles. The number of likely N-dealkylation sites (tertiary alicyclic amines) is 1. The molecular weight excluding hydrogens is 340 g/mol. The molecule has 2 aliphatic rings. The van der Waals surface area contributed by atoms with Crippen LogP contribution in [-0.2, 0) is 4.79 Å². The second kappa shape index (κ2) is 7.70. The molecule has 0 radical (unpaired) electrons. The first-order valence-electron chi connectivity index (χ1n) is 8.93. The lowest BCUT2D eigenvalue weighted by molar-refractivity contribution is -0.139. The van der Waals surface area contributed by atoms with Crippen LogP contribution in [0.3, 0.4) is 0 Å². The largest absolute Gasteiger partial charge is 0.480 e. The minimum Gasteiger partial charge on any atom is -0.480 e. The fraction of sp³-hybridized carbons (Fsp3) is 0.706. The fourth-order valence-electron chi connectivity index (χ4n) is 3.78. The van der Waals surface area contributed by atoms with E-state index in [1.165, 1.54) is 0 Å². The molecule has 1 saturated heterocycles. The predicted molar refractivity (Wildman–Crippen MR) is 95.8 cm³/mol. The van der Waals surface area contributed by atoms with E-state index in [0.29, 0.717) is 0 Å². The molecular formula is C17H26N4O3S. The number of carboxylic acid groups (broad SMARTS) is 1. The standard InChI is InChI=1S/C17H26N4O3S/c1-3-20(9-16(22)23)13-7-12(8-13)19-17(24)21-6-4-5-15(21)14-10-25-11(2)18-14/h10,12-13,15H,3-9H2,1-2H3,(H,19,24)(H,22,23). The van der Waals surface area contributed by atoms with Gasteiger partial charge in [0.25, 0.3) is 0 Å². The summed E-state index contributed by atoms with van der Waals surface area (Å²) in [6, 6.07) is 0.457. The molecule has 2 N–H and O–H groups in total. The van der Waals surface area contributed by atoms with Crippen molar-refractivity contribution >= 4 is 23.3 Å². The van der Waals surface area contributed by atoms with Gasteiger partial charge in [-0.05, 0) is 39.2 Å². The predicted octanol–water partition coefficient (Wildman–Crippen LogP) is 2.24. The lowest BCUT2D eigenvalue weighted by Gasteiger charge is -2.42. The van der Waals surface area contributed by atoms with Crippen LogP contribution in [0.25, 0.3) is 0 Å². The van der Waals surface area contributed by atoms with E-state index in [1.54, 1.807) is 11.3 Å². The van der Waals surface area contributed by atoms with Gasteiger partial charge in [-0.15, -0.1) is 11.3 Å². The van der Waals surface area contributed by atoms with Gasteiger partial charge in [-0.2, -0.15) is 0 Å². The van der Waals surface area contributed by atoms with E-state index < -0.39 is 5.97 Å². The van der Waals surface area contributed by atoms with Crippen LogP contribution in [0.4, 0.5) is 4.79 Å². The number of aromatic nitrogens is 1. The first kappa shape index (κ1) is 18.1. The minimum absolute atomic E-state index is 0.0158. The normalized spacial score (nSPS) is 25.9. The molecule has 1 aliphatic carbocycles. The number of carboxylic acids is 1. The van der Waals surface area contributed by atoms with Crippen molar-refractivity contribution in [2.45, 2.75) is 57.7 Å². The zero-order valence-corrected chi connectivity index (χ0v) is 15.6. The minimum atomic E-state index is -0.798. The number of aryl methyl sites for hydroxylation is 1. The Morgan fingerprint density at radius 1 is 1.48 bits per heavy atom. The number of carbonyl (C=O) groups excluding carboxylic acids is 1. The van der Waals surface area contributed by atoms with Gasteiger partial charge in [0.15, 0.2) is 0 Å². The van der Waals surface area contributed by atoms with Crippen LogP contribution in [0.5, 0.6) is 0 Å². The van der Waals surface area contributed by atoms with Gasteiger partial charge in [0.05, 0.1) is 23.3 Å². The number of thiazole rings is 1. The Labute approximate surface area is 152 Å². The maximum absolute atomic E-state index is 12.6. The highest BCUT2D eigenvalue weighted by Crippen LogP contribution is 2.33. The summed E-state index contributed by atoms with van der Waals surface area (Å²) in [5.41, 5.74) is 1.00. The number of hydrogen-bond donors (Lipinski definition) is 2. The van der Waals surface area contributed by atoms with Crippen molar-refractivity contribution in [3.8, 4) is 0 Å². The first-order chi connectivity index (χ1) is 12.0. The zero-order valence-electron chi connectivity index (χ0n) is 14.8. The van der Waals surface area contributed by atoms with Gasteiger partial charge in [0.1, 0.15) is 0 Å². The van der Waals surface area contributed by atoms with Gasteiger partial charge in [0.2, 0.25) is 0 Å². The van der Waals surface area contributed by atoms with E-state index in [1.807, 2.05) is 23.6 Å². The molecule has 3 rings (SSSR count). The van der Waals surface area contributed by atoms with Crippen molar-refractivity contribution in [2.24, 2.45) is 0 Å². The second-order valence-corrected chi connectivity index (χ2v) is 7.93. The summed E-state index contributed by atoms with van der Waals surface area (Å²) in [5, 5.41) is 15.2. The average Bonchev–Trinajstić information content (AvgIpc) is 3.16. The van der Waals surface area contributed by atoms with Gasteiger partial charge in [-0.3, -0.25) is 9.69 Å². The van der Waals surface area contributed by atoms with E-state index in [4.69, 9.17) is 5.11 Å². The Morgan fingerprint density at radius 3 is 2.84 bits per heavy atom. The van der Waals surface area contributed by atoms with Crippen LogP contribution < -0.4 is 5.32 Å². The van der Waals surface area contributed by atoms with Crippen LogP contribution in [0.2, 0.25) is 0 Å². The summed E-state index contributed by atoms with van der Waals surface area (Å²) < 4.78 is 0. The molecule has 8 heteroatoms. The molecule has 138 valence electrons. The third-order valence-electron chi connectivity index (χ3n) is 5.19.